The number of rotatable bonds is 6. The summed E-state index contributed by atoms with van der Waals surface area (Å²) in [4.78, 5) is 11.9. The number of aryl methyl sites for hydroxylation is 1. The van der Waals surface area contributed by atoms with Crippen molar-refractivity contribution in [1.29, 1.82) is 0 Å². The molecule has 0 fully saturated rings. The van der Waals surface area contributed by atoms with Crippen LogP contribution < -0.4 is 5.32 Å². The van der Waals surface area contributed by atoms with Gasteiger partial charge in [0.25, 0.3) is 15.0 Å². The topological polar surface area (TPSA) is 63.2 Å². The molecule has 0 aliphatic carbocycles. The third-order valence-corrected chi connectivity index (χ3v) is 5.07. The van der Waals surface area contributed by atoms with Gasteiger partial charge in [0.05, 0.1) is 5.02 Å². The zero-order valence-electron chi connectivity index (χ0n) is 12.2. The quantitative estimate of drug-likeness (QED) is 0.790. The van der Waals surface area contributed by atoms with Crippen LogP contribution in [0.15, 0.2) is 17.0 Å². The summed E-state index contributed by atoms with van der Waals surface area (Å²) in [5, 5.41) is 2.88. The van der Waals surface area contributed by atoms with Gasteiger partial charge < -0.3 is 5.32 Å². The maximum absolute atomic E-state index is 12.2. The van der Waals surface area contributed by atoms with E-state index in [1.165, 1.54) is 6.07 Å². The number of hydrogen-bond acceptors (Lipinski definition) is 3. The third-order valence-electron chi connectivity index (χ3n) is 3.11. The first-order valence-electron chi connectivity index (χ1n) is 6.72. The first-order valence-corrected chi connectivity index (χ1v) is 9.41. The van der Waals surface area contributed by atoms with Gasteiger partial charge in [-0.25, -0.2) is 8.42 Å². The smallest absolute Gasteiger partial charge is 0.262 e. The van der Waals surface area contributed by atoms with E-state index in [4.69, 9.17) is 22.3 Å². The molecule has 0 saturated carbocycles. The summed E-state index contributed by atoms with van der Waals surface area (Å²) in [6.07, 6.45) is 2.94. The zero-order chi connectivity index (χ0) is 16.2. The van der Waals surface area contributed by atoms with E-state index in [0.717, 1.165) is 19.3 Å². The van der Waals surface area contributed by atoms with Gasteiger partial charge in [0.1, 0.15) is 4.90 Å². The van der Waals surface area contributed by atoms with E-state index in [0.29, 0.717) is 5.56 Å². The van der Waals surface area contributed by atoms with Crippen molar-refractivity contribution in [2.45, 2.75) is 51.0 Å². The van der Waals surface area contributed by atoms with Crippen LogP contribution in [0.4, 0.5) is 0 Å². The summed E-state index contributed by atoms with van der Waals surface area (Å²) in [6.45, 7) is 5.62. The van der Waals surface area contributed by atoms with Crippen LogP contribution in [0.1, 0.15) is 49.0 Å². The maximum atomic E-state index is 12.2. The molecule has 1 aromatic carbocycles. The van der Waals surface area contributed by atoms with Gasteiger partial charge in [-0.05, 0) is 38.0 Å². The normalized spacial score (nSPS) is 13.0. The largest absolute Gasteiger partial charge is 0.350 e. The molecule has 118 valence electrons. The van der Waals surface area contributed by atoms with Crippen molar-refractivity contribution in [3.63, 3.8) is 0 Å². The summed E-state index contributed by atoms with van der Waals surface area (Å²) in [5.41, 5.74) is 0.726. The lowest BCUT2D eigenvalue weighted by molar-refractivity contribution is 0.0937. The van der Waals surface area contributed by atoms with Crippen molar-refractivity contribution in [1.82, 2.24) is 5.32 Å². The molecule has 1 N–H and O–H groups in total. The molecule has 7 heteroatoms. The summed E-state index contributed by atoms with van der Waals surface area (Å²) in [7, 11) is 1.35. The lowest BCUT2D eigenvalue weighted by Gasteiger charge is -2.14. The second-order valence-electron chi connectivity index (χ2n) is 5.06. The number of unbranched alkanes of at least 4 members (excludes halogenated alkanes) is 1. The molecule has 0 aliphatic heterocycles. The molecule has 4 nitrogen and oxygen atoms in total. The highest BCUT2D eigenvalue weighted by molar-refractivity contribution is 8.13. The van der Waals surface area contributed by atoms with Crippen LogP contribution in [-0.4, -0.2) is 20.4 Å². The Bertz CT molecular complexity index is 629. The van der Waals surface area contributed by atoms with E-state index in [1.807, 2.05) is 6.92 Å². The minimum Gasteiger partial charge on any atom is -0.350 e. The second kappa shape index (κ2) is 7.47. The van der Waals surface area contributed by atoms with Gasteiger partial charge in [-0.1, -0.05) is 31.4 Å². The molecule has 0 saturated heterocycles. The van der Waals surface area contributed by atoms with E-state index in [2.05, 4.69) is 12.2 Å². The maximum Gasteiger partial charge on any atom is 0.262 e. The number of nitrogens with one attached hydrogen (secondary N) is 1. The second-order valence-corrected chi connectivity index (χ2v) is 7.97. The van der Waals surface area contributed by atoms with E-state index in [1.54, 1.807) is 13.0 Å². The Morgan fingerprint density at radius 3 is 2.52 bits per heavy atom. The Kier molecular flexibility index (Phi) is 6.50. The van der Waals surface area contributed by atoms with Crippen molar-refractivity contribution in [3.8, 4) is 0 Å². The first kappa shape index (κ1) is 18.3. The molecule has 1 atom stereocenters. The molecule has 0 aromatic heterocycles. The van der Waals surface area contributed by atoms with Gasteiger partial charge in [0, 0.05) is 22.3 Å². The highest BCUT2D eigenvalue weighted by atomic mass is 35.7. The number of carbonyl (C=O) groups excluding carboxylic acids is 1. The average Bonchev–Trinajstić information content (AvgIpc) is 2.37. The van der Waals surface area contributed by atoms with Crippen LogP contribution in [0.25, 0.3) is 0 Å². The standard InChI is InChI=1S/C14H19Cl2NO3S/c1-4-5-6-10(3)17-14(18)11-7-9(2)13(15)12(8-11)21(16,19)20/h7-8,10H,4-6H2,1-3H3,(H,17,18). The molecular weight excluding hydrogens is 333 g/mol. The molecule has 1 amide bonds. The number of hydrogen-bond donors (Lipinski definition) is 1. The number of halogens is 2. The fourth-order valence-corrected chi connectivity index (χ4v) is 3.48. The molecular formula is C14H19Cl2NO3S. The summed E-state index contributed by atoms with van der Waals surface area (Å²) < 4.78 is 23.0. The molecule has 21 heavy (non-hydrogen) atoms. The van der Waals surface area contributed by atoms with Crippen LogP contribution in [0, 0.1) is 6.92 Å². The van der Waals surface area contributed by atoms with Crippen LogP contribution in [0.3, 0.4) is 0 Å². The van der Waals surface area contributed by atoms with Crippen LogP contribution >= 0.6 is 22.3 Å². The van der Waals surface area contributed by atoms with E-state index in [-0.39, 0.29) is 27.4 Å². The molecule has 0 spiro atoms. The first-order chi connectivity index (χ1) is 9.66. The molecule has 0 heterocycles. The molecule has 0 aliphatic rings. The van der Waals surface area contributed by atoms with Gasteiger partial charge in [0.15, 0.2) is 0 Å². The predicted molar refractivity (Wildman–Crippen MR) is 85.7 cm³/mol. The molecule has 1 aromatic rings. The summed E-state index contributed by atoms with van der Waals surface area (Å²) in [6, 6.07) is 2.78. The van der Waals surface area contributed by atoms with Crippen LogP contribution in [0.2, 0.25) is 5.02 Å². The highest BCUT2D eigenvalue weighted by Gasteiger charge is 2.20. The van der Waals surface area contributed by atoms with Crippen molar-refractivity contribution >= 4 is 37.2 Å². The number of amides is 1. The van der Waals surface area contributed by atoms with Gasteiger partial charge in [0.2, 0.25) is 0 Å². The van der Waals surface area contributed by atoms with Gasteiger partial charge >= 0.3 is 0 Å². The molecule has 0 bridgehead atoms. The average molecular weight is 352 g/mol. The molecule has 0 radical (unpaired) electrons. The van der Waals surface area contributed by atoms with Crippen LogP contribution in [-0.2, 0) is 9.05 Å². The molecule has 1 rings (SSSR count). The zero-order valence-corrected chi connectivity index (χ0v) is 14.6. The lowest BCUT2D eigenvalue weighted by Crippen LogP contribution is -2.32. The van der Waals surface area contributed by atoms with Crippen LogP contribution in [0.5, 0.6) is 0 Å². The van der Waals surface area contributed by atoms with Crippen molar-refractivity contribution < 1.29 is 13.2 Å². The van der Waals surface area contributed by atoms with Crippen molar-refractivity contribution in [2.75, 3.05) is 0 Å². The Morgan fingerprint density at radius 1 is 1.38 bits per heavy atom. The SMILES string of the molecule is CCCCC(C)NC(=O)c1cc(C)c(Cl)c(S(=O)(=O)Cl)c1. The van der Waals surface area contributed by atoms with E-state index < -0.39 is 9.05 Å². The fraction of sp³-hybridized carbons (Fsp3) is 0.500. The van der Waals surface area contributed by atoms with E-state index in [9.17, 15) is 13.2 Å². The van der Waals surface area contributed by atoms with Gasteiger partial charge in [-0.3, -0.25) is 4.79 Å². The Balaban J connectivity index is 3.04. The monoisotopic (exact) mass is 351 g/mol. The van der Waals surface area contributed by atoms with Gasteiger partial charge in [-0.2, -0.15) is 0 Å². The Hall–Kier alpha value is -0.780. The van der Waals surface area contributed by atoms with E-state index >= 15 is 0 Å². The molecule has 1 unspecified atom stereocenters. The Morgan fingerprint density at radius 2 is 2.00 bits per heavy atom. The summed E-state index contributed by atoms with van der Waals surface area (Å²) >= 11 is 5.93. The fourth-order valence-electron chi connectivity index (χ4n) is 1.94. The Labute approximate surface area is 135 Å². The highest BCUT2D eigenvalue weighted by Crippen LogP contribution is 2.29. The minimum atomic E-state index is -3.99. The third kappa shape index (κ3) is 5.16. The minimum absolute atomic E-state index is 0.0180. The number of carbonyl (C=O) groups is 1. The lowest BCUT2D eigenvalue weighted by atomic mass is 10.1. The van der Waals surface area contributed by atoms with Gasteiger partial charge in [-0.15, -0.1) is 0 Å². The van der Waals surface area contributed by atoms with Crippen molar-refractivity contribution in [3.05, 3.63) is 28.3 Å². The van der Waals surface area contributed by atoms with Crippen molar-refractivity contribution in [2.24, 2.45) is 0 Å². The number of benzene rings is 1. The summed E-state index contributed by atoms with van der Waals surface area (Å²) in [5.74, 6) is -0.333. The predicted octanol–water partition coefficient (Wildman–Crippen LogP) is 3.88.